The molecule has 0 fully saturated rings. The second-order valence-corrected chi connectivity index (χ2v) is 8.25. The minimum absolute atomic E-state index is 0.0930. The Labute approximate surface area is 156 Å². The SMILES string of the molecule is O=C1CN(S(=O)(=O)c2ccc(Cl)cc2)c2ccccc2-c2ccccc21. The van der Waals surface area contributed by atoms with E-state index in [4.69, 9.17) is 11.6 Å². The van der Waals surface area contributed by atoms with Crippen LogP contribution >= 0.6 is 11.6 Å². The van der Waals surface area contributed by atoms with Crippen LogP contribution in [0.3, 0.4) is 0 Å². The Morgan fingerprint density at radius 1 is 0.769 bits per heavy atom. The van der Waals surface area contributed by atoms with Crippen molar-refractivity contribution in [3.8, 4) is 11.1 Å². The number of para-hydroxylation sites is 1. The molecule has 4 rings (SSSR count). The van der Waals surface area contributed by atoms with Crippen molar-refractivity contribution in [2.24, 2.45) is 0 Å². The van der Waals surface area contributed by atoms with Crippen molar-refractivity contribution in [1.82, 2.24) is 0 Å². The van der Waals surface area contributed by atoms with Gasteiger partial charge in [-0.05, 0) is 35.9 Å². The van der Waals surface area contributed by atoms with Crippen LogP contribution in [-0.4, -0.2) is 20.7 Å². The third kappa shape index (κ3) is 2.69. The molecule has 3 aromatic rings. The van der Waals surface area contributed by atoms with Crippen LogP contribution in [0.2, 0.25) is 5.02 Å². The molecule has 0 spiro atoms. The molecule has 0 N–H and O–H groups in total. The van der Waals surface area contributed by atoms with Gasteiger partial charge >= 0.3 is 0 Å². The van der Waals surface area contributed by atoms with Crippen LogP contribution in [0.4, 0.5) is 5.69 Å². The zero-order chi connectivity index (χ0) is 18.3. The normalized spacial score (nSPS) is 13.7. The summed E-state index contributed by atoms with van der Waals surface area (Å²) in [7, 11) is -3.91. The Morgan fingerprint density at radius 2 is 1.35 bits per heavy atom. The van der Waals surface area contributed by atoms with Crippen molar-refractivity contribution in [3.63, 3.8) is 0 Å². The number of ketones is 1. The summed E-state index contributed by atoms with van der Waals surface area (Å²) in [6, 6.07) is 20.3. The van der Waals surface area contributed by atoms with Gasteiger partial charge in [0.25, 0.3) is 10.0 Å². The monoisotopic (exact) mass is 383 g/mol. The molecule has 6 heteroatoms. The third-order valence-electron chi connectivity index (χ3n) is 4.38. The molecule has 0 amide bonds. The van der Waals surface area contributed by atoms with Crippen LogP contribution in [0.15, 0.2) is 77.7 Å². The number of carbonyl (C=O) groups is 1. The van der Waals surface area contributed by atoms with E-state index in [2.05, 4.69) is 0 Å². The first-order chi connectivity index (χ1) is 12.5. The summed E-state index contributed by atoms with van der Waals surface area (Å²) < 4.78 is 27.7. The zero-order valence-electron chi connectivity index (χ0n) is 13.6. The standard InChI is InChI=1S/C20H14ClNO3S/c21-14-9-11-15(12-10-14)26(24,25)22-13-20(23)18-7-2-1-5-16(18)17-6-3-4-8-19(17)22/h1-12H,13H2. The molecule has 0 aromatic heterocycles. The van der Waals surface area contributed by atoms with Gasteiger partial charge in [-0.1, -0.05) is 54.1 Å². The Balaban J connectivity index is 1.94. The average Bonchev–Trinajstić information content (AvgIpc) is 2.78. The van der Waals surface area contributed by atoms with Crippen molar-refractivity contribution >= 4 is 33.1 Å². The summed E-state index contributed by atoms with van der Waals surface area (Å²) in [5.41, 5.74) is 2.46. The lowest BCUT2D eigenvalue weighted by molar-refractivity contribution is 0.100. The van der Waals surface area contributed by atoms with Gasteiger partial charge in [-0.15, -0.1) is 0 Å². The summed E-state index contributed by atoms with van der Waals surface area (Å²) in [4.78, 5) is 12.9. The third-order valence-corrected chi connectivity index (χ3v) is 6.41. The molecule has 0 saturated carbocycles. The van der Waals surface area contributed by atoms with E-state index < -0.39 is 10.0 Å². The molecule has 3 aromatic carbocycles. The van der Waals surface area contributed by atoms with E-state index in [0.29, 0.717) is 21.8 Å². The molecular formula is C20H14ClNO3S. The Kier molecular flexibility index (Phi) is 4.05. The van der Waals surface area contributed by atoms with E-state index in [0.717, 1.165) is 5.56 Å². The van der Waals surface area contributed by atoms with Gasteiger partial charge in [-0.3, -0.25) is 9.10 Å². The number of halogens is 1. The lowest BCUT2D eigenvalue weighted by Crippen LogP contribution is -2.35. The van der Waals surface area contributed by atoms with Crippen LogP contribution in [-0.2, 0) is 10.0 Å². The average molecular weight is 384 g/mol. The van der Waals surface area contributed by atoms with Gasteiger partial charge < -0.3 is 0 Å². The highest BCUT2D eigenvalue weighted by Crippen LogP contribution is 2.38. The second-order valence-electron chi connectivity index (χ2n) is 5.95. The van der Waals surface area contributed by atoms with Gasteiger partial charge in [0.05, 0.1) is 17.1 Å². The molecule has 0 aliphatic carbocycles. The number of Topliss-reactive ketones (excluding diaryl/α,β-unsaturated/α-hetero) is 1. The van der Waals surface area contributed by atoms with Crippen molar-refractivity contribution in [1.29, 1.82) is 0 Å². The first-order valence-corrected chi connectivity index (χ1v) is 9.80. The summed E-state index contributed by atoms with van der Waals surface area (Å²) in [6.45, 7) is -0.251. The highest BCUT2D eigenvalue weighted by atomic mass is 35.5. The summed E-state index contributed by atoms with van der Waals surface area (Å²) in [5.74, 6) is -0.241. The molecular weight excluding hydrogens is 370 g/mol. The fourth-order valence-electron chi connectivity index (χ4n) is 3.13. The number of fused-ring (bicyclic) bond motifs is 3. The molecule has 0 bridgehead atoms. The first kappa shape index (κ1) is 16.8. The molecule has 26 heavy (non-hydrogen) atoms. The Hall–Kier alpha value is -2.63. The predicted molar refractivity (Wildman–Crippen MR) is 102 cm³/mol. The van der Waals surface area contributed by atoms with Gasteiger partial charge in [0.2, 0.25) is 0 Å². The molecule has 0 atom stereocenters. The minimum Gasteiger partial charge on any atom is -0.292 e. The maximum Gasteiger partial charge on any atom is 0.264 e. The number of hydrogen-bond acceptors (Lipinski definition) is 3. The van der Waals surface area contributed by atoms with Crippen LogP contribution in [0.5, 0.6) is 0 Å². The molecule has 1 aliphatic rings. The highest BCUT2D eigenvalue weighted by molar-refractivity contribution is 7.92. The van der Waals surface area contributed by atoms with E-state index in [1.807, 2.05) is 24.3 Å². The van der Waals surface area contributed by atoms with Crippen molar-refractivity contribution < 1.29 is 13.2 Å². The van der Waals surface area contributed by atoms with Gasteiger partial charge in [-0.25, -0.2) is 8.42 Å². The second kappa shape index (κ2) is 6.27. The maximum atomic E-state index is 13.2. The molecule has 4 nitrogen and oxygen atoms in total. The largest absolute Gasteiger partial charge is 0.292 e. The van der Waals surface area contributed by atoms with Crippen LogP contribution in [0, 0.1) is 0 Å². The quantitative estimate of drug-likeness (QED) is 0.659. The number of benzene rings is 3. The fourth-order valence-corrected chi connectivity index (χ4v) is 4.69. The van der Waals surface area contributed by atoms with E-state index in [1.165, 1.54) is 28.6 Å². The number of nitrogens with zero attached hydrogens (tertiary/aromatic N) is 1. The number of carbonyl (C=O) groups excluding carboxylic acids is 1. The van der Waals surface area contributed by atoms with Crippen LogP contribution in [0.25, 0.3) is 11.1 Å². The minimum atomic E-state index is -3.91. The molecule has 0 unspecified atom stereocenters. The summed E-state index contributed by atoms with van der Waals surface area (Å²) in [6.07, 6.45) is 0. The van der Waals surface area contributed by atoms with Crippen LogP contribution < -0.4 is 4.31 Å². The van der Waals surface area contributed by atoms with Crippen molar-refractivity contribution in [3.05, 3.63) is 83.4 Å². The Bertz CT molecular complexity index is 1110. The van der Waals surface area contributed by atoms with E-state index in [-0.39, 0.29) is 17.2 Å². The smallest absolute Gasteiger partial charge is 0.264 e. The molecule has 1 heterocycles. The van der Waals surface area contributed by atoms with E-state index in [1.54, 1.807) is 24.3 Å². The fraction of sp³-hybridized carbons (Fsp3) is 0.0500. The molecule has 130 valence electrons. The van der Waals surface area contributed by atoms with Gasteiger partial charge in [0, 0.05) is 16.1 Å². The van der Waals surface area contributed by atoms with Crippen molar-refractivity contribution in [2.75, 3.05) is 10.8 Å². The highest BCUT2D eigenvalue weighted by Gasteiger charge is 2.32. The van der Waals surface area contributed by atoms with Gasteiger partial charge in [-0.2, -0.15) is 0 Å². The molecule has 0 saturated heterocycles. The predicted octanol–water partition coefficient (Wildman–Crippen LogP) is 4.40. The number of rotatable bonds is 2. The number of sulfonamides is 1. The summed E-state index contributed by atoms with van der Waals surface area (Å²) in [5, 5.41) is 0.448. The zero-order valence-corrected chi connectivity index (χ0v) is 15.2. The molecule has 1 aliphatic heterocycles. The Morgan fingerprint density at radius 3 is 2.04 bits per heavy atom. The molecule has 0 radical (unpaired) electrons. The van der Waals surface area contributed by atoms with Crippen molar-refractivity contribution in [2.45, 2.75) is 4.90 Å². The topological polar surface area (TPSA) is 54.5 Å². The lowest BCUT2D eigenvalue weighted by atomic mass is 9.97. The van der Waals surface area contributed by atoms with Gasteiger partial charge in [0.1, 0.15) is 0 Å². The number of hydrogen-bond donors (Lipinski definition) is 0. The van der Waals surface area contributed by atoms with E-state index >= 15 is 0 Å². The van der Waals surface area contributed by atoms with E-state index in [9.17, 15) is 13.2 Å². The lowest BCUT2D eigenvalue weighted by Gasteiger charge is -2.24. The first-order valence-electron chi connectivity index (χ1n) is 7.98. The van der Waals surface area contributed by atoms with Gasteiger partial charge in [0.15, 0.2) is 5.78 Å². The summed E-state index contributed by atoms with van der Waals surface area (Å²) >= 11 is 5.88. The number of anilines is 1. The van der Waals surface area contributed by atoms with Crippen LogP contribution in [0.1, 0.15) is 10.4 Å². The maximum absolute atomic E-state index is 13.2.